The van der Waals surface area contributed by atoms with Gasteiger partial charge in [-0.05, 0) is 26.4 Å². The second-order valence-electron chi connectivity index (χ2n) is 3.11. The topological polar surface area (TPSA) is 29.3 Å². The Bertz CT molecular complexity index is 109. The van der Waals surface area contributed by atoms with Crippen LogP contribution in [-0.4, -0.2) is 37.5 Å². The van der Waals surface area contributed by atoms with E-state index < -0.39 is 6.43 Å². The first-order chi connectivity index (χ1) is 5.56. The van der Waals surface area contributed by atoms with Gasteiger partial charge in [0.1, 0.15) is 0 Å². The lowest BCUT2D eigenvalue weighted by Crippen LogP contribution is -2.30. The fraction of sp³-hybridized carbons (Fsp3) is 1.00. The maximum absolute atomic E-state index is 11.8. The molecule has 0 saturated heterocycles. The Labute approximate surface area is 72.7 Å². The molecule has 0 spiro atoms. The standard InChI is InChI=1S/C8H18F2N2/c1-3-7(11)4-5-12(2)6-8(9)10/h7-8H,3-6,11H2,1-2H3. The molecule has 0 aromatic heterocycles. The predicted molar refractivity (Wildman–Crippen MR) is 46.4 cm³/mol. The Kier molecular flexibility index (Phi) is 6.20. The molecule has 0 amide bonds. The summed E-state index contributed by atoms with van der Waals surface area (Å²) in [5, 5.41) is 0. The molecular formula is C8H18F2N2. The summed E-state index contributed by atoms with van der Waals surface area (Å²) in [4.78, 5) is 1.61. The van der Waals surface area contributed by atoms with Crippen LogP contribution in [0.25, 0.3) is 0 Å². The largest absolute Gasteiger partial charge is 0.328 e. The van der Waals surface area contributed by atoms with Crippen molar-refractivity contribution in [3.05, 3.63) is 0 Å². The fourth-order valence-electron chi connectivity index (χ4n) is 0.917. The molecule has 2 N–H and O–H groups in total. The highest BCUT2D eigenvalue weighted by Crippen LogP contribution is 1.99. The third kappa shape index (κ3) is 6.49. The minimum absolute atomic E-state index is 0.144. The minimum atomic E-state index is -2.24. The van der Waals surface area contributed by atoms with Crippen LogP contribution in [0.3, 0.4) is 0 Å². The predicted octanol–water partition coefficient (Wildman–Crippen LogP) is 1.31. The van der Waals surface area contributed by atoms with Crippen LogP contribution in [0.4, 0.5) is 8.78 Å². The lowest BCUT2D eigenvalue weighted by molar-refractivity contribution is 0.0989. The number of nitrogens with two attached hydrogens (primary N) is 1. The molecule has 0 saturated carbocycles. The maximum Gasteiger partial charge on any atom is 0.251 e. The zero-order valence-corrected chi connectivity index (χ0v) is 7.76. The molecule has 0 aliphatic rings. The van der Waals surface area contributed by atoms with E-state index in [0.29, 0.717) is 6.54 Å². The van der Waals surface area contributed by atoms with E-state index in [1.165, 1.54) is 0 Å². The first-order valence-corrected chi connectivity index (χ1v) is 4.28. The van der Waals surface area contributed by atoms with E-state index in [-0.39, 0.29) is 12.6 Å². The molecule has 0 aromatic rings. The molecule has 0 rings (SSSR count). The van der Waals surface area contributed by atoms with Crippen LogP contribution in [0.15, 0.2) is 0 Å². The molecule has 74 valence electrons. The summed E-state index contributed by atoms with van der Waals surface area (Å²) < 4.78 is 23.6. The molecule has 1 unspecified atom stereocenters. The number of hydrogen-bond donors (Lipinski definition) is 1. The average molecular weight is 180 g/mol. The third-order valence-corrected chi connectivity index (χ3v) is 1.86. The van der Waals surface area contributed by atoms with Gasteiger partial charge in [-0.2, -0.15) is 0 Å². The van der Waals surface area contributed by atoms with Gasteiger partial charge < -0.3 is 10.6 Å². The highest BCUT2D eigenvalue weighted by atomic mass is 19.3. The van der Waals surface area contributed by atoms with Gasteiger partial charge in [0.25, 0.3) is 6.43 Å². The first kappa shape index (κ1) is 11.8. The second kappa shape index (κ2) is 6.31. The van der Waals surface area contributed by atoms with Gasteiger partial charge in [0.15, 0.2) is 0 Å². The SMILES string of the molecule is CCC(N)CCN(C)CC(F)F. The Morgan fingerprint density at radius 1 is 1.42 bits per heavy atom. The van der Waals surface area contributed by atoms with E-state index >= 15 is 0 Å². The summed E-state index contributed by atoms with van der Waals surface area (Å²) in [5.74, 6) is 0. The summed E-state index contributed by atoms with van der Waals surface area (Å²) in [6.45, 7) is 2.49. The average Bonchev–Trinajstić information content (AvgIpc) is 1.99. The van der Waals surface area contributed by atoms with Crippen LogP contribution < -0.4 is 5.73 Å². The summed E-state index contributed by atoms with van der Waals surface area (Å²) in [6.07, 6.45) is -0.546. The quantitative estimate of drug-likeness (QED) is 0.667. The van der Waals surface area contributed by atoms with E-state index in [1.54, 1.807) is 11.9 Å². The molecule has 0 aliphatic heterocycles. The zero-order chi connectivity index (χ0) is 9.56. The van der Waals surface area contributed by atoms with Gasteiger partial charge >= 0.3 is 0 Å². The van der Waals surface area contributed by atoms with Crippen LogP contribution in [0, 0.1) is 0 Å². The van der Waals surface area contributed by atoms with E-state index in [1.807, 2.05) is 6.92 Å². The molecule has 0 heterocycles. The van der Waals surface area contributed by atoms with Crippen molar-refractivity contribution in [2.24, 2.45) is 5.73 Å². The lowest BCUT2D eigenvalue weighted by Gasteiger charge is -2.17. The van der Waals surface area contributed by atoms with Gasteiger partial charge in [-0.15, -0.1) is 0 Å². The van der Waals surface area contributed by atoms with Gasteiger partial charge in [-0.1, -0.05) is 6.92 Å². The zero-order valence-electron chi connectivity index (χ0n) is 7.76. The van der Waals surface area contributed by atoms with Crippen LogP contribution in [0.1, 0.15) is 19.8 Å². The van der Waals surface area contributed by atoms with Crippen molar-refractivity contribution in [1.82, 2.24) is 4.90 Å². The van der Waals surface area contributed by atoms with Crippen LogP contribution >= 0.6 is 0 Å². The van der Waals surface area contributed by atoms with Gasteiger partial charge in [-0.25, -0.2) is 8.78 Å². The smallest absolute Gasteiger partial charge is 0.251 e. The van der Waals surface area contributed by atoms with E-state index in [0.717, 1.165) is 12.8 Å². The molecule has 0 radical (unpaired) electrons. The molecule has 12 heavy (non-hydrogen) atoms. The van der Waals surface area contributed by atoms with Crippen LogP contribution in [-0.2, 0) is 0 Å². The minimum Gasteiger partial charge on any atom is -0.328 e. The summed E-state index contributed by atoms with van der Waals surface area (Å²) in [7, 11) is 1.69. The van der Waals surface area contributed by atoms with Crippen molar-refractivity contribution < 1.29 is 8.78 Å². The number of hydrogen-bond acceptors (Lipinski definition) is 2. The highest BCUT2D eigenvalue weighted by molar-refractivity contribution is 4.62. The van der Waals surface area contributed by atoms with Crippen molar-refractivity contribution in [2.45, 2.75) is 32.2 Å². The molecule has 4 heteroatoms. The van der Waals surface area contributed by atoms with Gasteiger partial charge in [-0.3, -0.25) is 0 Å². The van der Waals surface area contributed by atoms with Gasteiger partial charge in [0, 0.05) is 6.04 Å². The molecule has 1 atom stereocenters. The van der Waals surface area contributed by atoms with E-state index in [2.05, 4.69) is 0 Å². The molecule has 2 nitrogen and oxygen atoms in total. The summed E-state index contributed by atoms with van der Waals surface area (Å²) in [6, 6.07) is 0.144. The van der Waals surface area contributed by atoms with Gasteiger partial charge in [0.2, 0.25) is 0 Å². The lowest BCUT2D eigenvalue weighted by atomic mass is 10.2. The first-order valence-electron chi connectivity index (χ1n) is 4.28. The van der Waals surface area contributed by atoms with Crippen molar-refractivity contribution in [3.63, 3.8) is 0 Å². The van der Waals surface area contributed by atoms with Crippen molar-refractivity contribution >= 4 is 0 Å². The summed E-state index contributed by atoms with van der Waals surface area (Å²) >= 11 is 0. The third-order valence-electron chi connectivity index (χ3n) is 1.86. The number of alkyl halides is 2. The number of nitrogens with zero attached hydrogens (tertiary/aromatic N) is 1. The van der Waals surface area contributed by atoms with Crippen molar-refractivity contribution in [1.29, 1.82) is 0 Å². The molecule has 0 aliphatic carbocycles. The second-order valence-corrected chi connectivity index (χ2v) is 3.11. The Balaban J connectivity index is 3.36. The van der Waals surface area contributed by atoms with Crippen molar-refractivity contribution in [3.8, 4) is 0 Å². The van der Waals surface area contributed by atoms with E-state index in [4.69, 9.17) is 5.73 Å². The normalized spacial score (nSPS) is 14.2. The monoisotopic (exact) mass is 180 g/mol. The Hall–Kier alpha value is -0.220. The Morgan fingerprint density at radius 2 is 2.00 bits per heavy atom. The highest BCUT2D eigenvalue weighted by Gasteiger charge is 2.08. The van der Waals surface area contributed by atoms with Crippen LogP contribution in [0.5, 0.6) is 0 Å². The summed E-state index contributed by atoms with van der Waals surface area (Å²) in [5.41, 5.74) is 5.64. The molecule has 0 bridgehead atoms. The number of rotatable bonds is 6. The molecular weight excluding hydrogens is 162 g/mol. The van der Waals surface area contributed by atoms with Crippen LogP contribution in [0.2, 0.25) is 0 Å². The Morgan fingerprint density at radius 3 is 2.42 bits per heavy atom. The maximum atomic E-state index is 11.8. The fourth-order valence-corrected chi connectivity index (χ4v) is 0.917. The number of halogens is 2. The van der Waals surface area contributed by atoms with Gasteiger partial charge in [0.05, 0.1) is 6.54 Å². The molecule has 0 fully saturated rings. The van der Waals surface area contributed by atoms with E-state index in [9.17, 15) is 8.78 Å². The van der Waals surface area contributed by atoms with Crippen molar-refractivity contribution in [2.75, 3.05) is 20.1 Å². The molecule has 0 aromatic carbocycles.